The van der Waals surface area contributed by atoms with Gasteiger partial charge in [-0.2, -0.15) is 5.10 Å². The van der Waals surface area contributed by atoms with E-state index in [1.54, 1.807) is 36.4 Å². The summed E-state index contributed by atoms with van der Waals surface area (Å²) in [5.74, 6) is -0.205. The Bertz CT molecular complexity index is 1420. The lowest BCUT2D eigenvalue weighted by atomic mass is 10.1. The number of imidazole rings is 1. The van der Waals surface area contributed by atoms with Crippen molar-refractivity contribution >= 4 is 33.6 Å². The van der Waals surface area contributed by atoms with Crippen molar-refractivity contribution in [2.45, 2.75) is 46.7 Å². The summed E-state index contributed by atoms with van der Waals surface area (Å²) in [6, 6.07) is 12.0. The molecular formula is C24H26N6O3. The van der Waals surface area contributed by atoms with E-state index in [0.29, 0.717) is 28.4 Å². The van der Waals surface area contributed by atoms with Crippen LogP contribution in [0, 0.1) is 6.92 Å². The fraction of sp³-hybridized carbons (Fsp3) is 0.292. The fourth-order valence-corrected chi connectivity index (χ4v) is 3.90. The lowest BCUT2D eigenvalue weighted by molar-refractivity contribution is 0.0843. The third-order valence-electron chi connectivity index (χ3n) is 5.61. The monoisotopic (exact) mass is 446 g/mol. The fourth-order valence-electron chi connectivity index (χ4n) is 3.90. The van der Waals surface area contributed by atoms with Crippen molar-refractivity contribution < 1.29 is 9.59 Å². The van der Waals surface area contributed by atoms with Crippen molar-refractivity contribution in [2.75, 3.05) is 0 Å². The van der Waals surface area contributed by atoms with E-state index in [1.807, 2.05) is 26.8 Å². The van der Waals surface area contributed by atoms with E-state index < -0.39 is 11.8 Å². The zero-order valence-electron chi connectivity index (χ0n) is 18.9. The minimum atomic E-state index is -0.600. The van der Waals surface area contributed by atoms with Gasteiger partial charge in [0.25, 0.3) is 17.4 Å². The molecule has 0 bridgehead atoms. The summed E-state index contributed by atoms with van der Waals surface area (Å²) in [4.78, 5) is 42.8. The molecule has 9 heteroatoms. The van der Waals surface area contributed by atoms with Crippen molar-refractivity contribution in [1.29, 1.82) is 0 Å². The SMILES string of the molecule is CCCCn1nc(C(=O)NNC(=O)c2ccc3c(c2)nc(C)n3CC)c2ccccc2c1=O. The van der Waals surface area contributed by atoms with Crippen LogP contribution in [-0.4, -0.2) is 31.1 Å². The van der Waals surface area contributed by atoms with Crippen molar-refractivity contribution in [3.05, 3.63) is 69.9 Å². The highest BCUT2D eigenvalue weighted by molar-refractivity contribution is 6.06. The van der Waals surface area contributed by atoms with Gasteiger partial charge in [0.1, 0.15) is 5.82 Å². The number of nitrogens with one attached hydrogen (secondary N) is 2. The number of aryl methyl sites for hydroxylation is 3. The Hall–Kier alpha value is -4.01. The molecule has 0 unspecified atom stereocenters. The van der Waals surface area contributed by atoms with E-state index in [0.717, 1.165) is 30.7 Å². The van der Waals surface area contributed by atoms with Crippen LogP contribution in [0.15, 0.2) is 47.3 Å². The lowest BCUT2D eigenvalue weighted by Gasteiger charge is -2.12. The Balaban J connectivity index is 1.57. The van der Waals surface area contributed by atoms with Gasteiger partial charge in [-0.25, -0.2) is 9.67 Å². The Labute approximate surface area is 190 Å². The first kappa shape index (κ1) is 22.2. The average Bonchev–Trinajstić information content (AvgIpc) is 3.15. The molecule has 9 nitrogen and oxygen atoms in total. The first-order valence-corrected chi connectivity index (χ1v) is 11.0. The minimum Gasteiger partial charge on any atom is -0.329 e. The maximum Gasteiger partial charge on any atom is 0.290 e. The maximum atomic E-state index is 12.9. The van der Waals surface area contributed by atoms with Crippen LogP contribution in [0.2, 0.25) is 0 Å². The molecule has 2 aromatic carbocycles. The number of fused-ring (bicyclic) bond motifs is 2. The highest BCUT2D eigenvalue weighted by Crippen LogP contribution is 2.18. The smallest absolute Gasteiger partial charge is 0.290 e. The Morgan fingerprint density at radius 1 is 1.00 bits per heavy atom. The number of amides is 2. The standard InChI is InChI=1S/C24H26N6O3/c1-4-6-13-30-24(33)18-10-8-7-9-17(18)21(28-30)23(32)27-26-22(31)16-11-12-20-19(14-16)25-15(3)29(20)5-2/h7-12,14H,4-6,13H2,1-3H3,(H,26,31)(H,27,32). The molecule has 0 atom stereocenters. The highest BCUT2D eigenvalue weighted by atomic mass is 16.2. The second-order valence-electron chi connectivity index (χ2n) is 7.79. The number of aromatic nitrogens is 4. The van der Waals surface area contributed by atoms with Crippen LogP contribution in [0.3, 0.4) is 0 Å². The number of unbranched alkanes of at least 4 members (excludes halogenated alkanes) is 1. The molecule has 0 fully saturated rings. The molecule has 2 heterocycles. The molecule has 0 saturated carbocycles. The lowest BCUT2D eigenvalue weighted by Crippen LogP contribution is -2.42. The van der Waals surface area contributed by atoms with E-state index in [2.05, 4.69) is 25.5 Å². The predicted molar refractivity (Wildman–Crippen MR) is 126 cm³/mol. The second-order valence-corrected chi connectivity index (χ2v) is 7.79. The molecule has 33 heavy (non-hydrogen) atoms. The number of benzene rings is 2. The van der Waals surface area contributed by atoms with Crippen LogP contribution >= 0.6 is 0 Å². The summed E-state index contributed by atoms with van der Waals surface area (Å²) in [6.07, 6.45) is 1.65. The Morgan fingerprint density at radius 3 is 2.45 bits per heavy atom. The highest BCUT2D eigenvalue weighted by Gasteiger charge is 2.18. The van der Waals surface area contributed by atoms with Crippen molar-refractivity contribution in [2.24, 2.45) is 0 Å². The molecular weight excluding hydrogens is 420 g/mol. The molecule has 2 aromatic heterocycles. The molecule has 2 N–H and O–H groups in total. The molecule has 0 aliphatic heterocycles. The van der Waals surface area contributed by atoms with Crippen molar-refractivity contribution in [1.82, 2.24) is 30.2 Å². The molecule has 4 rings (SSSR count). The number of hydrogen-bond acceptors (Lipinski definition) is 5. The molecule has 0 aliphatic carbocycles. The number of rotatable bonds is 6. The molecule has 0 spiro atoms. The van der Waals surface area contributed by atoms with E-state index in [1.165, 1.54) is 4.68 Å². The van der Waals surface area contributed by atoms with Crippen molar-refractivity contribution in [3.63, 3.8) is 0 Å². The van der Waals surface area contributed by atoms with E-state index in [-0.39, 0.29) is 11.3 Å². The zero-order chi connectivity index (χ0) is 23.5. The number of carbonyl (C=O) groups is 2. The Kier molecular flexibility index (Phi) is 6.21. The normalized spacial score (nSPS) is 11.1. The largest absolute Gasteiger partial charge is 0.329 e. The molecule has 0 aliphatic rings. The Morgan fingerprint density at radius 2 is 1.73 bits per heavy atom. The number of hydrazine groups is 1. The first-order valence-electron chi connectivity index (χ1n) is 11.0. The van der Waals surface area contributed by atoms with Crippen LogP contribution in [0.25, 0.3) is 21.8 Å². The maximum absolute atomic E-state index is 12.9. The van der Waals surface area contributed by atoms with Crippen LogP contribution < -0.4 is 16.4 Å². The third kappa shape index (κ3) is 4.21. The predicted octanol–water partition coefficient (Wildman–Crippen LogP) is 2.95. The van der Waals surface area contributed by atoms with E-state index >= 15 is 0 Å². The van der Waals surface area contributed by atoms with E-state index in [4.69, 9.17) is 0 Å². The topological polar surface area (TPSA) is 111 Å². The number of hydrogen-bond donors (Lipinski definition) is 2. The van der Waals surface area contributed by atoms with Crippen LogP contribution in [0.1, 0.15) is 53.4 Å². The number of nitrogens with zero attached hydrogens (tertiary/aromatic N) is 4. The molecule has 4 aromatic rings. The van der Waals surface area contributed by atoms with Gasteiger partial charge in [-0.05, 0) is 44.5 Å². The summed E-state index contributed by atoms with van der Waals surface area (Å²) in [5.41, 5.74) is 6.73. The van der Waals surface area contributed by atoms with Gasteiger partial charge in [0.2, 0.25) is 0 Å². The molecule has 0 saturated heterocycles. The minimum absolute atomic E-state index is 0.0781. The van der Waals surface area contributed by atoms with Gasteiger partial charge in [0.05, 0.1) is 16.4 Å². The van der Waals surface area contributed by atoms with Crippen LogP contribution in [0.4, 0.5) is 0 Å². The van der Waals surface area contributed by atoms with E-state index in [9.17, 15) is 14.4 Å². The molecule has 0 radical (unpaired) electrons. The third-order valence-corrected chi connectivity index (χ3v) is 5.61. The van der Waals surface area contributed by atoms with Gasteiger partial charge in [0.15, 0.2) is 5.69 Å². The summed E-state index contributed by atoms with van der Waals surface area (Å²) >= 11 is 0. The van der Waals surface area contributed by atoms with Crippen LogP contribution in [0.5, 0.6) is 0 Å². The second kappa shape index (κ2) is 9.23. The number of carbonyl (C=O) groups excluding carboxylic acids is 2. The summed E-state index contributed by atoms with van der Waals surface area (Å²) < 4.78 is 3.37. The summed E-state index contributed by atoms with van der Waals surface area (Å²) in [6.45, 7) is 7.16. The quantitative estimate of drug-likeness (QED) is 0.443. The van der Waals surface area contributed by atoms with Gasteiger partial charge in [-0.3, -0.25) is 25.2 Å². The summed E-state index contributed by atoms with van der Waals surface area (Å²) in [7, 11) is 0. The van der Waals surface area contributed by atoms with Crippen LogP contribution in [-0.2, 0) is 13.1 Å². The van der Waals surface area contributed by atoms with Crippen molar-refractivity contribution in [3.8, 4) is 0 Å². The first-order chi connectivity index (χ1) is 15.9. The van der Waals surface area contributed by atoms with Gasteiger partial charge in [-0.1, -0.05) is 31.5 Å². The molecule has 2 amide bonds. The van der Waals surface area contributed by atoms with Gasteiger partial charge in [0, 0.05) is 24.0 Å². The van der Waals surface area contributed by atoms with Gasteiger partial charge in [-0.15, -0.1) is 0 Å². The molecule has 170 valence electrons. The zero-order valence-corrected chi connectivity index (χ0v) is 18.9. The van der Waals surface area contributed by atoms with Gasteiger partial charge < -0.3 is 4.57 Å². The van der Waals surface area contributed by atoms with Gasteiger partial charge >= 0.3 is 0 Å². The summed E-state index contributed by atoms with van der Waals surface area (Å²) in [5, 5.41) is 5.12. The average molecular weight is 447 g/mol.